The van der Waals surface area contributed by atoms with Gasteiger partial charge < -0.3 is 19.7 Å². The molecule has 0 aliphatic heterocycles. The molecule has 1 fully saturated rings. The van der Waals surface area contributed by atoms with Crippen molar-refractivity contribution in [1.29, 1.82) is 0 Å². The summed E-state index contributed by atoms with van der Waals surface area (Å²) in [5, 5.41) is 6.06. The predicted octanol–water partition coefficient (Wildman–Crippen LogP) is 6.25. The third-order valence-electron chi connectivity index (χ3n) is 6.38. The number of hydrogen-bond donors (Lipinski definition) is 2. The molecule has 1 heterocycles. The maximum absolute atomic E-state index is 13.5. The number of rotatable bonds is 11. The van der Waals surface area contributed by atoms with E-state index >= 15 is 0 Å². The van der Waals surface area contributed by atoms with E-state index in [0.717, 1.165) is 25.0 Å². The van der Waals surface area contributed by atoms with Gasteiger partial charge in [0.25, 0.3) is 5.91 Å². The van der Waals surface area contributed by atoms with Gasteiger partial charge in [0, 0.05) is 60.1 Å². The Hall–Kier alpha value is -3.33. The molecule has 0 bridgehead atoms. The molecule has 0 unspecified atom stereocenters. The van der Waals surface area contributed by atoms with Crippen LogP contribution in [0.5, 0.6) is 5.75 Å². The molecule has 1 aromatic heterocycles. The molecule has 0 saturated heterocycles. The molecular weight excluding hydrogens is 544 g/mol. The van der Waals surface area contributed by atoms with Crippen LogP contribution in [0, 0.1) is 5.41 Å². The van der Waals surface area contributed by atoms with E-state index in [0.29, 0.717) is 41.5 Å². The highest BCUT2D eigenvalue weighted by Crippen LogP contribution is 2.29. The monoisotopic (exact) mass is 586 g/mol. The number of hydrogen-bond acceptors (Lipinski definition) is 6. The fraction of sp³-hybridized carbons (Fsp3) is 0.548. The number of halogens is 1. The van der Waals surface area contributed by atoms with Crippen molar-refractivity contribution < 1.29 is 23.9 Å². The fourth-order valence-corrected chi connectivity index (χ4v) is 4.37. The minimum Gasteiger partial charge on any atom is -0.493 e. The maximum Gasteiger partial charge on any atom is 0.412 e. The number of nitrogens with one attached hydrogen (secondary N) is 2. The highest BCUT2D eigenvalue weighted by molar-refractivity contribution is 6.31. The van der Waals surface area contributed by atoms with E-state index in [1.54, 1.807) is 62.2 Å². The Morgan fingerprint density at radius 3 is 2.44 bits per heavy atom. The van der Waals surface area contributed by atoms with Crippen LogP contribution >= 0.6 is 11.6 Å². The standard InChI is InChI=1S/C31H43ClN4O5/c1-30(2,3)20-34-27(37)11-14-36(25-8-7-9-25)28(38)21-16-22(32)18-26(17-21)40-15-12-23-19-24(10-13-33-23)35-29(39)41-31(4,5)6/h10,13,16-19,25H,7-9,11-12,14-15,20H2,1-6H3,(H,34,37)(H,33,35,39). The third-order valence-corrected chi connectivity index (χ3v) is 6.60. The zero-order valence-electron chi connectivity index (χ0n) is 25.0. The van der Waals surface area contributed by atoms with Crippen LogP contribution < -0.4 is 15.4 Å². The largest absolute Gasteiger partial charge is 0.493 e. The molecule has 2 N–H and O–H groups in total. The van der Waals surface area contributed by atoms with Gasteiger partial charge >= 0.3 is 6.09 Å². The van der Waals surface area contributed by atoms with Crippen LogP contribution in [0.1, 0.15) is 83.3 Å². The number of nitrogens with zero attached hydrogens (tertiary/aromatic N) is 2. The smallest absolute Gasteiger partial charge is 0.412 e. The molecule has 0 radical (unpaired) electrons. The molecule has 10 heteroatoms. The molecule has 41 heavy (non-hydrogen) atoms. The average molecular weight is 587 g/mol. The SMILES string of the molecule is CC(C)(C)CNC(=O)CCN(C(=O)c1cc(Cl)cc(OCCc2cc(NC(=O)OC(C)(C)C)ccn2)c1)C1CCC1. The van der Waals surface area contributed by atoms with Crippen LogP contribution in [0.2, 0.25) is 5.02 Å². The molecule has 3 amide bonds. The molecular formula is C31H43ClN4O5. The number of benzene rings is 1. The Bertz CT molecular complexity index is 1220. The van der Waals surface area contributed by atoms with E-state index in [1.165, 1.54) is 0 Å². The van der Waals surface area contributed by atoms with Gasteiger partial charge in [-0.1, -0.05) is 32.4 Å². The second-order valence-corrected chi connectivity index (χ2v) is 13.0. The van der Waals surface area contributed by atoms with Gasteiger partial charge in [0.15, 0.2) is 0 Å². The van der Waals surface area contributed by atoms with Crippen molar-refractivity contribution in [3.63, 3.8) is 0 Å². The first-order valence-corrected chi connectivity index (χ1v) is 14.5. The van der Waals surface area contributed by atoms with Crippen molar-refractivity contribution in [2.24, 2.45) is 5.41 Å². The van der Waals surface area contributed by atoms with Crippen molar-refractivity contribution in [1.82, 2.24) is 15.2 Å². The summed E-state index contributed by atoms with van der Waals surface area (Å²) in [7, 11) is 0. The first kappa shape index (κ1) is 32.2. The Balaban J connectivity index is 1.59. The predicted molar refractivity (Wildman–Crippen MR) is 161 cm³/mol. The van der Waals surface area contributed by atoms with E-state index in [4.69, 9.17) is 21.1 Å². The van der Waals surface area contributed by atoms with Crippen molar-refractivity contribution in [2.75, 3.05) is 25.0 Å². The Morgan fingerprint density at radius 1 is 1.07 bits per heavy atom. The summed E-state index contributed by atoms with van der Waals surface area (Å²) in [6, 6.07) is 8.55. The van der Waals surface area contributed by atoms with Crippen LogP contribution in [0.25, 0.3) is 0 Å². The minimum atomic E-state index is -0.597. The van der Waals surface area contributed by atoms with Gasteiger partial charge in [0.2, 0.25) is 5.91 Å². The number of amides is 3. The summed E-state index contributed by atoms with van der Waals surface area (Å²) in [6.45, 7) is 12.8. The summed E-state index contributed by atoms with van der Waals surface area (Å²) in [5.41, 5.74) is 1.12. The molecule has 3 rings (SSSR count). The number of anilines is 1. The second kappa shape index (κ2) is 14.0. The highest BCUT2D eigenvalue weighted by atomic mass is 35.5. The summed E-state index contributed by atoms with van der Waals surface area (Å²) in [4.78, 5) is 44.2. The number of carbonyl (C=O) groups excluding carboxylic acids is 3. The van der Waals surface area contributed by atoms with Crippen LogP contribution in [-0.2, 0) is 16.0 Å². The fourth-order valence-electron chi connectivity index (χ4n) is 4.15. The van der Waals surface area contributed by atoms with Gasteiger partial charge in [-0.15, -0.1) is 0 Å². The number of carbonyl (C=O) groups is 3. The topological polar surface area (TPSA) is 110 Å². The van der Waals surface area contributed by atoms with Crippen LogP contribution in [0.15, 0.2) is 36.5 Å². The van der Waals surface area contributed by atoms with E-state index in [9.17, 15) is 14.4 Å². The van der Waals surface area contributed by atoms with Gasteiger partial charge in [0.05, 0.1) is 6.61 Å². The zero-order valence-corrected chi connectivity index (χ0v) is 25.8. The third kappa shape index (κ3) is 11.2. The van der Waals surface area contributed by atoms with Gasteiger partial charge in [-0.25, -0.2) is 4.79 Å². The lowest BCUT2D eigenvalue weighted by atomic mass is 9.90. The summed E-state index contributed by atoms with van der Waals surface area (Å²) in [6.07, 6.45) is 4.70. The van der Waals surface area contributed by atoms with Crippen LogP contribution in [-0.4, -0.2) is 59.1 Å². The molecule has 1 aromatic carbocycles. The molecule has 224 valence electrons. The number of ether oxygens (including phenoxy) is 2. The molecule has 9 nitrogen and oxygen atoms in total. The highest BCUT2D eigenvalue weighted by Gasteiger charge is 2.30. The molecule has 2 aromatic rings. The summed E-state index contributed by atoms with van der Waals surface area (Å²) < 4.78 is 11.2. The molecule has 0 atom stereocenters. The summed E-state index contributed by atoms with van der Waals surface area (Å²) >= 11 is 6.37. The molecule has 1 aliphatic rings. The van der Waals surface area contributed by atoms with Crippen LogP contribution in [0.3, 0.4) is 0 Å². The van der Waals surface area contributed by atoms with E-state index in [1.807, 2.05) is 0 Å². The maximum atomic E-state index is 13.5. The van der Waals surface area contributed by atoms with Gasteiger partial charge in [-0.2, -0.15) is 0 Å². The van der Waals surface area contributed by atoms with Gasteiger partial charge in [-0.3, -0.25) is 19.9 Å². The molecule has 0 spiro atoms. The molecule has 1 aliphatic carbocycles. The number of pyridine rings is 1. The van der Waals surface area contributed by atoms with Crippen LogP contribution in [0.4, 0.5) is 10.5 Å². The van der Waals surface area contributed by atoms with Gasteiger partial charge in [-0.05, 0) is 75.8 Å². The van der Waals surface area contributed by atoms with E-state index in [2.05, 4.69) is 36.4 Å². The zero-order chi connectivity index (χ0) is 30.2. The Morgan fingerprint density at radius 2 is 1.80 bits per heavy atom. The Kier molecular flexibility index (Phi) is 11.0. The van der Waals surface area contributed by atoms with Crippen molar-refractivity contribution in [3.8, 4) is 5.75 Å². The second-order valence-electron chi connectivity index (χ2n) is 12.6. The first-order chi connectivity index (χ1) is 19.2. The Labute approximate surface area is 248 Å². The van der Waals surface area contributed by atoms with Gasteiger partial charge in [0.1, 0.15) is 11.4 Å². The molecule has 1 saturated carbocycles. The van der Waals surface area contributed by atoms with Crippen molar-refractivity contribution >= 4 is 35.2 Å². The lowest BCUT2D eigenvalue weighted by molar-refractivity contribution is -0.121. The normalized spacial score (nSPS) is 13.6. The minimum absolute atomic E-state index is 0.00777. The van der Waals surface area contributed by atoms with Crippen molar-refractivity contribution in [3.05, 3.63) is 52.8 Å². The first-order valence-electron chi connectivity index (χ1n) is 14.1. The van der Waals surface area contributed by atoms with E-state index in [-0.39, 0.29) is 36.3 Å². The average Bonchev–Trinajstić information content (AvgIpc) is 2.82. The summed E-state index contributed by atoms with van der Waals surface area (Å²) in [5.74, 6) is 0.250. The number of aromatic nitrogens is 1. The van der Waals surface area contributed by atoms with E-state index < -0.39 is 11.7 Å². The lowest BCUT2D eigenvalue weighted by Crippen LogP contribution is -2.46. The van der Waals surface area contributed by atoms with Crippen molar-refractivity contribution in [2.45, 2.75) is 85.3 Å². The quantitative estimate of drug-likeness (QED) is 0.322. The lowest BCUT2D eigenvalue weighted by Gasteiger charge is -2.37.